The lowest BCUT2D eigenvalue weighted by Crippen LogP contribution is -2.31. The highest BCUT2D eigenvalue weighted by molar-refractivity contribution is 9.10. The van der Waals surface area contributed by atoms with Crippen LogP contribution in [-0.2, 0) is 5.41 Å². The summed E-state index contributed by atoms with van der Waals surface area (Å²) in [6.45, 7) is 6.06. The topological polar surface area (TPSA) is 12.0 Å². The molecule has 0 heterocycles. The van der Waals surface area contributed by atoms with E-state index in [1.165, 1.54) is 30.5 Å². The largest absolute Gasteiger partial charge is 0.362 e. The number of halogens is 1. The number of nitrogens with one attached hydrogen (secondary N) is 1. The SMILES string of the molecule is C=CNc1ccc(Br)cc1C1(C)CCC1. The first-order chi connectivity index (χ1) is 7.15. The second-order valence-corrected chi connectivity index (χ2v) is 5.37. The Morgan fingerprint density at radius 2 is 2.20 bits per heavy atom. The smallest absolute Gasteiger partial charge is 0.0418 e. The molecule has 1 N–H and O–H groups in total. The van der Waals surface area contributed by atoms with Gasteiger partial charge in [0.05, 0.1) is 0 Å². The number of anilines is 1. The van der Waals surface area contributed by atoms with Crippen molar-refractivity contribution in [2.45, 2.75) is 31.6 Å². The third kappa shape index (κ3) is 1.96. The van der Waals surface area contributed by atoms with Crippen molar-refractivity contribution in [3.05, 3.63) is 41.0 Å². The zero-order valence-electron chi connectivity index (χ0n) is 9.02. The van der Waals surface area contributed by atoms with E-state index in [0.29, 0.717) is 5.41 Å². The summed E-state index contributed by atoms with van der Waals surface area (Å²) in [5.41, 5.74) is 2.95. The molecule has 0 unspecified atom stereocenters. The Bertz CT molecular complexity index is 380. The summed E-state index contributed by atoms with van der Waals surface area (Å²) in [6.07, 6.45) is 5.66. The molecule has 1 fully saturated rings. The maximum absolute atomic E-state index is 3.72. The predicted molar refractivity (Wildman–Crippen MR) is 69.2 cm³/mol. The molecule has 0 amide bonds. The Morgan fingerprint density at radius 1 is 1.47 bits per heavy atom. The number of hydrogen-bond acceptors (Lipinski definition) is 1. The lowest BCUT2D eigenvalue weighted by Gasteiger charge is -2.40. The van der Waals surface area contributed by atoms with E-state index in [2.05, 4.69) is 52.9 Å². The predicted octanol–water partition coefficient (Wildman–Crippen LogP) is 4.45. The van der Waals surface area contributed by atoms with Crippen LogP contribution < -0.4 is 5.32 Å². The van der Waals surface area contributed by atoms with Crippen molar-refractivity contribution >= 4 is 21.6 Å². The van der Waals surface area contributed by atoms with E-state index in [4.69, 9.17) is 0 Å². The molecule has 0 bridgehead atoms. The Balaban J connectivity index is 2.42. The molecule has 1 saturated carbocycles. The van der Waals surface area contributed by atoms with Crippen LogP contribution in [0.5, 0.6) is 0 Å². The molecule has 0 atom stereocenters. The van der Waals surface area contributed by atoms with E-state index in [-0.39, 0.29) is 0 Å². The number of hydrogen-bond donors (Lipinski definition) is 1. The van der Waals surface area contributed by atoms with E-state index in [9.17, 15) is 0 Å². The van der Waals surface area contributed by atoms with E-state index in [0.717, 1.165) is 4.47 Å². The zero-order valence-corrected chi connectivity index (χ0v) is 10.6. The van der Waals surface area contributed by atoms with Crippen molar-refractivity contribution in [2.24, 2.45) is 0 Å². The van der Waals surface area contributed by atoms with Crippen LogP contribution in [0.1, 0.15) is 31.7 Å². The monoisotopic (exact) mass is 265 g/mol. The highest BCUT2D eigenvalue weighted by Crippen LogP contribution is 2.46. The van der Waals surface area contributed by atoms with Gasteiger partial charge < -0.3 is 5.32 Å². The van der Waals surface area contributed by atoms with Gasteiger partial charge >= 0.3 is 0 Å². The van der Waals surface area contributed by atoms with E-state index < -0.39 is 0 Å². The van der Waals surface area contributed by atoms with E-state index in [1.807, 2.05) is 0 Å². The third-order valence-corrected chi connectivity index (χ3v) is 3.84. The Labute approximate surface area is 99.7 Å². The molecule has 1 nitrogen and oxygen atoms in total. The van der Waals surface area contributed by atoms with Crippen molar-refractivity contribution < 1.29 is 0 Å². The van der Waals surface area contributed by atoms with E-state index in [1.54, 1.807) is 6.20 Å². The minimum atomic E-state index is 0.356. The minimum absolute atomic E-state index is 0.356. The molecule has 0 radical (unpaired) electrons. The number of benzene rings is 1. The molecule has 1 aromatic carbocycles. The van der Waals surface area contributed by atoms with Gasteiger partial charge in [-0.05, 0) is 48.2 Å². The average Bonchev–Trinajstić information content (AvgIpc) is 2.17. The minimum Gasteiger partial charge on any atom is -0.362 e. The summed E-state index contributed by atoms with van der Waals surface area (Å²) in [7, 11) is 0. The maximum atomic E-state index is 3.72. The van der Waals surface area contributed by atoms with Crippen LogP contribution >= 0.6 is 15.9 Å². The van der Waals surface area contributed by atoms with Gasteiger partial charge in [0.1, 0.15) is 0 Å². The van der Waals surface area contributed by atoms with Crippen LogP contribution in [0.3, 0.4) is 0 Å². The molecule has 0 saturated heterocycles. The quantitative estimate of drug-likeness (QED) is 0.852. The van der Waals surface area contributed by atoms with Gasteiger partial charge in [-0.3, -0.25) is 0 Å². The average molecular weight is 266 g/mol. The molecule has 0 aromatic heterocycles. The van der Waals surface area contributed by atoms with Crippen LogP contribution in [0, 0.1) is 0 Å². The van der Waals surface area contributed by atoms with Crippen molar-refractivity contribution in [3.63, 3.8) is 0 Å². The van der Waals surface area contributed by atoms with Gasteiger partial charge in [-0.25, -0.2) is 0 Å². The standard InChI is InChI=1S/C13H16BrN/c1-3-15-12-6-5-10(14)9-11(12)13(2)7-4-8-13/h3,5-6,9,15H,1,4,7-8H2,2H3. The highest BCUT2D eigenvalue weighted by atomic mass is 79.9. The number of rotatable bonds is 3. The first-order valence-corrected chi connectivity index (χ1v) is 6.12. The summed E-state index contributed by atoms with van der Waals surface area (Å²) < 4.78 is 1.15. The zero-order chi connectivity index (χ0) is 10.9. The van der Waals surface area contributed by atoms with Crippen molar-refractivity contribution in [3.8, 4) is 0 Å². The van der Waals surface area contributed by atoms with Gasteiger partial charge in [0.25, 0.3) is 0 Å². The fraction of sp³-hybridized carbons (Fsp3) is 0.385. The fourth-order valence-electron chi connectivity index (χ4n) is 2.23. The summed E-state index contributed by atoms with van der Waals surface area (Å²) in [6, 6.07) is 6.41. The van der Waals surface area contributed by atoms with Crippen LogP contribution in [0.25, 0.3) is 0 Å². The molecule has 15 heavy (non-hydrogen) atoms. The van der Waals surface area contributed by atoms with Crippen LogP contribution in [0.4, 0.5) is 5.69 Å². The lowest BCUT2D eigenvalue weighted by atomic mass is 9.65. The van der Waals surface area contributed by atoms with Crippen molar-refractivity contribution in [1.82, 2.24) is 0 Å². The van der Waals surface area contributed by atoms with Gasteiger partial charge in [-0.2, -0.15) is 0 Å². The Morgan fingerprint density at radius 3 is 2.73 bits per heavy atom. The van der Waals surface area contributed by atoms with Gasteiger partial charge in [0.15, 0.2) is 0 Å². The fourth-order valence-corrected chi connectivity index (χ4v) is 2.59. The van der Waals surface area contributed by atoms with Gasteiger partial charge in [-0.15, -0.1) is 0 Å². The molecule has 80 valence electrons. The molecule has 2 rings (SSSR count). The summed E-state index contributed by atoms with van der Waals surface area (Å²) in [5, 5.41) is 3.22. The maximum Gasteiger partial charge on any atom is 0.0418 e. The molecular formula is C13H16BrN. The van der Waals surface area contributed by atoms with Crippen LogP contribution in [0.15, 0.2) is 35.5 Å². The van der Waals surface area contributed by atoms with E-state index >= 15 is 0 Å². The van der Waals surface area contributed by atoms with Gasteiger partial charge in [0, 0.05) is 10.2 Å². The molecular weight excluding hydrogens is 250 g/mol. The highest BCUT2D eigenvalue weighted by Gasteiger charge is 2.35. The first kappa shape index (κ1) is 10.7. The second kappa shape index (κ2) is 4.01. The third-order valence-electron chi connectivity index (χ3n) is 3.35. The Kier molecular flexibility index (Phi) is 2.87. The normalized spacial score (nSPS) is 18.0. The summed E-state index contributed by atoms with van der Waals surface area (Å²) >= 11 is 3.54. The molecule has 1 aromatic rings. The van der Waals surface area contributed by atoms with Gasteiger partial charge in [0.2, 0.25) is 0 Å². The second-order valence-electron chi connectivity index (χ2n) is 4.45. The van der Waals surface area contributed by atoms with Crippen molar-refractivity contribution in [2.75, 3.05) is 5.32 Å². The van der Waals surface area contributed by atoms with Crippen molar-refractivity contribution in [1.29, 1.82) is 0 Å². The van der Waals surface area contributed by atoms with Gasteiger partial charge in [-0.1, -0.05) is 35.9 Å². The lowest BCUT2D eigenvalue weighted by molar-refractivity contribution is 0.273. The molecule has 2 heteroatoms. The van der Waals surface area contributed by atoms with Crippen LogP contribution in [-0.4, -0.2) is 0 Å². The summed E-state index contributed by atoms with van der Waals surface area (Å²) in [4.78, 5) is 0. The Hall–Kier alpha value is -0.760. The molecule has 0 spiro atoms. The first-order valence-electron chi connectivity index (χ1n) is 5.33. The molecule has 0 aliphatic heterocycles. The molecule has 1 aliphatic carbocycles. The molecule has 1 aliphatic rings. The van der Waals surface area contributed by atoms with Crippen LogP contribution in [0.2, 0.25) is 0 Å². The summed E-state index contributed by atoms with van der Waals surface area (Å²) in [5.74, 6) is 0.